The third-order valence-electron chi connectivity index (χ3n) is 2.95. The van der Waals surface area contributed by atoms with Crippen molar-refractivity contribution in [2.75, 3.05) is 18.8 Å². The van der Waals surface area contributed by atoms with Gasteiger partial charge in [0.15, 0.2) is 5.16 Å². The number of hydrogen-bond acceptors (Lipinski definition) is 6. The lowest BCUT2D eigenvalue weighted by Crippen LogP contribution is -2.33. The fraction of sp³-hybridized carbons (Fsp3) is 0.636. The second-order valence-electron chi connectivity index (χ2n) is 4.30. The van der Waals surface area contributed by atoms with E-state index in [0.29, 0.717) is 31.2 Å². The van der Waals surface area contributed by atoms with Crippen LogP contribution in [0.4, 0.5) is 0 Å². The van der Waals surface area contributed by atoms with Crippen molar-refractivity contribution in [2.24, 2.45) is 5.73 Å². The molecule has 2 rings (SSSR count). The van der Waals surface area contributed by atoms with Gasteiger partial charge in [0, 0.05) is 26.1 Å². The predicted octanol–water partition coefficient (Wildman–Crippen LogP) is -0.214. The molecule has 0 unspecified atom stereocenters. The fourth-order valence-corrected chi connectivity index (χ4v) is 2.86. The van der Waals surface area contributed by atoms with Crippen LogP contribution in [0.1, 0.15) is 18.7 Å². The highest BCUT2D eigenvalue weighted by molar-refractivity contribution is 7.99. The minimum Gasteiger partial charge on any atom is -0.329 e. The Morgan fingerprint density at radius 2 is 2.26 bits per heavy atom. The molecule has 2 amide bonds. The van der Waals surface area contributed by atoms with Crippen molar-refractivity contribution in [3.05, 3.63) is 5.82 Å². The minimum absolute atomic E-state index is 0.0785. The van der Waals surface area contributed by atoms with E-state index in [2.05, 4.69) is 10.2 Å². The molecule has 1 aromatic heterocycles. The maximum atomic E-state index is 11.9. The average molecular weight is 283 g/mol. The molecule has 0 radical (unpaired) electrons. The number of hydrogen-bond donors (Lipinski definition) is 1. The van der Waals surface area contributed by atoms with Crippen molar-refractivity contribution >= 4 is 23.6 Å². The maximum absolute atomic E-state index is 11.9. The van der Waals surface area contributed by atoms with Crippen LogP contribution in [-0.2, 0) is 16.1 Å². The van der Waals surface area contributed by atoms with E-state index in [4.69, 9.17) is 5.73 Å². The molecule has 8 heteroatoms. The van der Waals surface area contributed by atoms with Crippen LogP contribution in [0.5, 0.6) is 0 Å². The number of likely N-dealkylation sites (tertiary alicyclic amines) is 1. The Hall–Kier alpha value is -1.41. The van der Waals surface area contributed by atoms with Crippen molar-refractivity contribution in [1.82, 2.24) is 19.7 Å². The summed E-state index contributed by atoms with van der Waals surface area (Å²) in [5, 5.41) is 8.66. The molecule has 0 aliphatic carbocycles. The summed E-state index contributed by atoms with van der Waals surface area (Å²) in [6, 6.07) is 0. The first kappa shape index (κ1) is 14.0. The summed E-state index contributed by atoms with van der Waals surface area (Å²) in [6.07, 6.45) is 1.23. The van der Waals surface area contributed by atoms with Crippen molar-refractivity contribution in [3.63, 3.8) is 0 Å². The average Bonchev–Trinajstić information content (AvgIpc) is 2.95. The minimum atomic E-state index is -0.160. The molecule has 2 heterocycles. The van der Waals surface area contributed by atoms with Crippen LogP contribution < -0.4 is 5.73 Å². The normalized spacial score (nSPS) is 15.3. The van der Waals surface area contributed by atoms with Gasteiger partial charge in [-0.25, -0.2) is 0 Å². The fourth-order valence-electron chi connectivity index (χ4n) is 1.97. The molecular formula is C11H17N5O2S. The van der Waals surface area contributed by atoms with E-state index in [1.165, 1.54) is 16.7 Å². The Labute approximate surface area is 115 Å². The topological polar surface area (TPSA) is 94.1 Å². The van der Waals surface area contributed by atoms with Gasteiger partial charge in [0.1, 0.15) is 5.82 Å². The number of amides is 2. The molecule has 19 heavy (non-hydrogen) atoms. The van der Waals surface area contributed by atoms with Gasteiger partial charge in [0.05, 0.1) is 5.75 Å². The Kier molecular flexibility index (Phi) is 4.54. The quantitative estimate of drug-likeness (QED) is 0.751. The summed E-state index contributed by atoms with van der Waals surface area (Å²) in [4.78, 5) is 24.7. The van der Waals surface area contributed by atoms with Gasteiger partial charge in [0.2, 0.25) is 11.8 Å². The van der Waals surface area contributed by atoms with Crippen LogP contribution in [0, 0.1) is 6.92 Å². The first-order valence-corrected chi connectivity index (χ1v) is 7.18. The Morgan fingerprint density at radius 1 is 1.47 bits per heavy atom. The molecule has 2 N–H and O–H groups in total. The highest BCUT2D eigenvalue weighted by atomic mass is 32.2. The second kappa shape index (κ2) is 6.16. The molecule has 1 aliphatic rings. The molecule has 104 valence electrons. The number of nitrogens with two attached hydrogens (primary N) is 1. The van der Waals surface area contributed by atoms with Gasteiger partial charge in [-0.3, -0.25) is 14.5 Å². The van der Waals surface area contributed by atoms with Gasteiger partial charge >= 0.3 is 0 Å². The van der Waals surface area contributed by atoms with Crippen molar-refractivity contribution in [2.45, 2.75) is 31.5 Å². The van der Waals surface area contributed by atoms with E-state index >= 15 is 0 Å². The van der Waals surface area contributed by atoms with E-state index in [1.807, 2.05) is 11.5 Å². The van der Waals surface area contributed by atoms with E-state index in [9.17, 15) is 9.59 Å². The Balaban J connectivity index is 1.95. The van der Waals surface area contributed by atoms with Crippen molar-refractivity contribution in [3.8, 4) is 0 Å². The molecule has 1 aromatic rings. The SMILES string of the molecule is Cc1nnc(SCC(=O)N2CCCC2=O)n1CCN. The molecule has 7 nitrogen and oxygen atoms in total. The lowest BCUT2D eigenvalue weighted by atomic mass is 10.4. The smallest absolute Gasteiger partial charge is 0.239 e. The Bertz CT molecular complexity index is 487. The van der Waals surface area contributed by atoms with Crippen LogP contribution in [0.25, 0.3) is 0 Å². The van der Waals surface area contributed by atoms with Crippen LogP contribution in [0.3, 0.4) is 0 Å². The lowest BCUT2D eigenvalue weighted by Gasteiger charge is -2.13. The van der Waals surface area contributed by atoms with Gasteiger partial charge in [-0.15, -0.1) is 10.2 Å². The molecule has 1 aliphatic heterocycles. The zero-order valence-electron chi connectivity index (χ0n) is 10.8. The highest BCUT2D eigenvalue weighted by Crippen LogP contribution is 2.19. The number of imide groups is 1. The molecule has 0 bridgehead atoms. The highest BCUT2D eigenvalue weighted by Gasteiger charge is 2.26. The molecule has 0 saturated carbocycles. The largest absolute Gasteiger partial charge is 0.329 e. The van der Waals surface area contributed by atoms with Gasteiger partial charge in [-0.2, -0.15) is 0 Å². The first-order chi connectivity index (χ1) is 9.13. The number of carbonyl (C=O) groups is 2. The molecule has 0 spiro atoms. The van der Waals surface area contributed by atoms with E-state index in [0.717, 1.165) is 12.2 Å². The number of aryl methyl sites for hydroxylation is 1. The molecule has 1 saturated heterocycles. The maximum Gasteiger partial charge on any atom is 0.239 e. The summed E-state index contributed by atoms with van der Waals surface area (Å²) in [7, 11) is 0. The number of carbonyl (C=O) groups excluding carboxylic acids is 2. The number of thioether (sulfide) groups is 1. The van der Waals surface area contributed by atoms with Crippen LogP contribution >= 0.6 is 11.8 Å². The third kappa shape index (κ3) is 3.13. The van der Waals surface area contributed by atoms with Gasteiger partial charge in [0.25, 0.3) is 0 Å². The molecular weight excluding hydrogens is 266 g/mol. The monoisotopic (exact) mass is 283 g/mol. The summed E-state index contributed by atoms with van der Waals surface area (Å²) >= 11 is 1.30. The zero-order valence-corrected chi connectivity index (χ0v) is 11.7. The van der Waals surface area contributed by atoms with E-state index in [1.54, 1.807) is 0 Å². The summed E-state index contributed by atoms with van der Waals surface area (Å²) < 4.78 is 1.88. The van der Waals surface area contributed by atoms with E-state index < -0.39 is 0 Å². The zero-order chi connectivity index (χ0) is 13.8. The number of nitrogens with zero attached hydrogens (tertiary/aromatic N) is 4. The predicted molar refractivity (Wildman–Crippen MR) is 70.5 cm³/mol. The molecule has 0 atom stereocenters. The van der Waals surface area contributed by atoms with Crippen LogP contribution in [-0.4, -0.2) is 50.3 Å². The van der Waals surface area contributed by atoms with Gasteiger partial charge in [-0.05, 0) is 13.3 Å². The molecule has 1 fully saturated rings. The van der Waals surface area contributed by atoms with Crippen molar-refractivity contribution in [1.29, 1.82) is 0 Å². The summed E-state index contributed by atoms with van der Waals surface area (Å²) in [5.74, 6) is 0.740. The summed E-state index contributed by atoms with van der Waals surface area (Å²) in [6.45, 7) is 3.49. The van der Waals surface area contributed by atoms with Gasteiger partial charge < -0.3 is 10.3 Å². The summed E-state index contributed by atoms with van der Waals surface area (Å²) in [5.41, 5.74) is 5.53. The Morgan fingerprint density at radius 3 is 2.89 bits per heavy atom. The number of aromatic nitrogens is 3. The molecule has 0 aromatic carbocycles. The third-order valence-corrected chi connectivity index (χ3v) is 3.91. The van der Waals surface area contributed by atoms with Crippen LogP contribution in [0.15, 0.2) is 5.16 Å². The van der Waals surface area contributed by atoms with Crippen molar-refractivity contribution < 1.29 is 9.59 Å². The number of rotatable bonds is 5. The first-order valence-electron chi connectivity index (χ1n) is 6.19. The van der Waals surface area contributed by atoms with E-state index in [-0.39, 0.29) is 17.6 Å². The van der Waals surface area contributed by atoms with Crippen LogP contribution in [0.2, 0.25) is 0 Å². The second-order valence-corrected chi connectivity index (χ2v) is 5.24. The lowest BCUT2D eigenvalue weighted by molar-refractivity contribution is -0.140. The standard InChI is InChI=1S/C11H17N5O2S/c1-8-13-14-11(15(8)6-4-12)19-7-10(18)16-5-2-3-9(16)17/h2-7,12H2,1H3. The van der Waals surface area contributed by atoms with Gasteiger partial charge in [-0.1, -0.05) is 11.8 Å².